The molecule has 0 bridgehead atoms. The lowest BCUT2D eigenvalue weighted by molar-refractivity contribution is 0.619. The van der Waals surface area contributed by atoms with Crippen LogP contribution in [0, 0.1) is 0 Å². The van der Waals surface area contributed by atoms with Gasteiger partial charge < -0.3 is 5.73 Å². The molecule has 1 aliphatic carbocycles. The fourth-order valence-electron chi connectivity index (χ4n) is 2.28. The third kappa shape index (κ3) is 2.29. The summed E-state index contributed by atoms with van der Waals surface area (Å²) in [6, 6.07) is 10.8. The number of hydrogen-bond donors (Lipinski definition) is 1. The summed E-state index contributed by atoms with van der Waals surface area (Å²) >= 11 is 0. The molecule has 2 rings (SSSR count). The molecule has 0 aromatic heterocycles. The first-order valence-electron chi connectivity index (χ1n) is 5.78. The summed E-state index contributed by atoms with van der Waals surface area (Å²) < 4.78 is 0. The molecule has 1 aliphatic rings. The first kappa shape index (κ1) is 10.4. The largest absolute Gasteiger partial charge is 0.324 e. The van der Waals surface area contributed by atoms with Gasteiger partial charge in [-0.2, -0.15) is 0 Å². The number of nitrogens with two attached hydrogens (primary N) is 1. The Labute approximate surface area is 92.0 Å². The second kappa shape index (κ2) is 4.63. The summed E-state index contributed by atoms with van der Waals surface area (Å²) in [7, 11) is 0. The minimum atomic E-state index is 0.204. The van der Waals surface area contributed by atoms with Gasteiger partial charge in [0, 0.05) is 12.0 Å². The molecular formula is C14H19N. The maximum atomic E-state index is 6.29. The number of hydrogen-bond acceptors (Lipinski definition) is 1. The SMILES string of the molecule is CC(c1ccccc1)C(N)C1=CCCC1. The highest BCUT2D eigenvalue weighted by atomic mass is 14.7. The van der Waals surface area contributed by atoms with Gasteiger partial charge in [0.15, 0.2) is 0 Å². The van der Waals surface area contributed by atoms with Gasteiger partial charge in [0.2, 0.25) is 0 Å². The molecule has 1 aromatic rings. The van der Waals surface area contributed by atoms with Crippen molar-refractivity contribution in [1.82, 2.24) is 0 Å². The van der Waals surface area contributed by atoms with Gasteiger partial charge in [0.25, 0.3) is 0 Å². The van der Waals surface area contributed by atoms with E-state index in [1.54, 1.807) is 0 Å². The Morgan fingerprint density at radius 2 is 1.93 bits per heavy atom. The zero-order valence-corrected chi connectivity index (χ0v) is 9.32. The van der Waals surface area contributed by atoms with Crippen molar-refractivity contribution in [3.05, 3.63) is 47.5 Å². The lowest BCUT2D eigenvalue weighted by atomic mass is 9.89. The van der Waals surface area contributed by atoms with Crippen molar-refractivity contribution in [2.75, 3.05) is 0 Å². The van der Waals surface area contributed by atoms with Gasteiger partial charge in [-0.15, -0.1) is 0 Å². The Balaban J connectivity index is 2.10. The zero-order chi connectivity index (χ0) is 10.7. The quantitative estimate of drug-likeness (QED) is 0.746. The highest BCUT2D eigenvalue weighted by Crippen LogP contribution is 2.28. The summed E-state index contributed by atoms with van der Waals surface area (Å²) in [6.07, 6.45) is 6.01. The van der Waals surface area contributed by atoms with Crippen molar-refractivity contribution >= 4 is 0 Å². The Kier molecular flexibility index (Phi) is 3.22. The van der Waals surface area contributed by atoms with Crippen LogP contribution < -0.4 is 5.73 Å². The molecule has 1 heteroatoms. The molecule has 80 valence electrons. The minimum Gasteiger partial charge on any atom is -0.324 e. The van der Waals surface area contributed by atoms with Crippen LogP contribution in [0.15, 0.2) is 42.0 Å². The van der Waals surface area contributed by atoms with E-state index >= 15 is 0 Å². The molecule has 2 atom stereocenters. The van der Waals surface area contributed by atoms with Gasteiger partial charge in [-0.25, -0.2) is 0 Å². The summed E-state index contributed by atoms with van der Waals surface area (Å²) in [5, 5.41) is 0. The summed E-state index contributed by atoms with van der Waals surface area (Å²) in [5.41, 5.74) is 9.08. The highest BCUT2D eigenvalue weighted by Gasteiger charge is 2.20. The van der Waals surface area contributed by atoms with E-state index in [2.05, 4.69) is 43.3 Å². The fraction of sp³-hybridized carbons (Fsp3) is 0.429. The second-order valence-corrected chi connectivity index (χ2v) is 4.40. The van der Waals surface area contributed by atoms with Crippen LogP contribution in [0.2, 0.25) is 0 Å². The van der Waals surface area contributed by atoms with Crippen LogP contribution in [0.3, 0.4) is 0 Å². The smallest absolute Gasteiger partial charge is 0.0320 e. The number of allylic oxidation sites excluding steroid dienone is 1. The molecule has 0 radical (unpaired) electrons. The van der Waals surface area contributed by atoms with E-state index in [1.807, 2.05) is 0 Å². The van der Waals surface area contributed by atoms with Crippen molar-refractivity contribution < 1.29 is 0 Å². The first-order valence-corrected chi connectivity index (χ1v) is 5.78. The molecule has 2 unspecified atom stereocenters. The molecule has 2 N–H and O–H groups in total. The van der Waals surface area contributed by atoms with Crippen molar-refractivity contribution in [1.29, 1.82) is 0 Å². The van der Waals surface area contributed by atoms with Crippen LogP contribution in [0.4, 0.5) is 0 Å². The predicted octanol–water partition coefficient (Wildman–Crippen LogP) is 3.23. The van der Waals surface area contributed by atoms with E-state index in [4.69, 9.17) is 5.73 Å². The lowest BCUT2D eigenvalue weighted by Crippen LogP contribution is -2.28. The zero-order valence-electron chi connectivity index (χ0n) is 9.32. The molecule has 1 nitrogen and oxygen atoms in total. The van der Waals surface area contributed by atoms with E-state index in [0.717, 1.165) is 0 Å². The van der Waals surface area contributed by atoms with Gasteiger partial charge in [-0.05, 0) is 24.8 Å². The van der Waals surface area contributed by atoms with E-state index in [9.17, 15) is 0 Å². The normalized spacial score (nSPS) is 19.7. The highest BCUT2D eigenvalue weighted by molar-refractivity contribution is 5.26. The van der Waals surface area contributed by atoms with Gasteiger partial charge >= 0.3 is 0 Å². The molecule has 0 fully saturated rings. The van der Waals surface area contributed by atoms with Crippen LogP contribution in [0.5, 0.6) is 0 Å². The predicted molar refractivity (Wildman–Crippen MR) is 64.8 cm³/mol. The maximum Gasteiger partial charge on any atom is 0.0320 e. The molecule has 0 amide bonds. The molecular weight excluding hydrogens is 182 g/mol. The summed E-state index contributed by atoms with van der Waals surface area (Å²) in [5.74, 6) is 0.426. The van der Waals surface area contributed by atoms with Crippen LogP contribution >= 0.6 is 0 Å². The van der Waals surface area contributed by atoms with Gasteiger partial charge in [-0.1, -0.05) is 48.9 Å². The van der Waals surface area contributed by atoms with Gasteiger partial charge in [0.05, 0.1) is 0 Å². The van der Waals surface area contributed by atoms with Crippen LogP contribution in [0.25, 0.3) is 0 Å². The number of benzene rings is 1. The first-order chi connectivity index (χ1) is 7.29. The van der Waals surface area contributed by atoms with Crippen molar-refractivity contribution in [2.24, 2.45) is 5.73 Å². The van der Waals surface area contributed by atoms with Crippen LogP contribution in [-0.2, 0) is 0 Å². The number of rotatable bonds is 3. The maximum absolute atomic E-state index is 6.29. The fourth-order valence-corrected chi connectivity index (χ4v) is 2.28. The van der Waals surface area contributed by atoms with Crippen LogP contribution in [-0.4, -0.2) is 6.04 Å². The third-order valence-electron chi connectivity index (χ3n) is 3.37. The van der Waals surface area contributed by atoms with Gasteiger partial charge in [-0.3, -0.25) is 0 Å². The monoisotopic (exact) mass is 201 g/mol. The summed E-state index contributed by atoms with van der Waals surface area (Å²) in [4.78, 5) is 0. The molecule has 0 saturated carbocycles. The molecule has 0 spiro atoms. The third-order valence-corrected chi connectivity index (χ3v) is 3.37. The van der Waals surface area contributed by atoms with E-state index in [-0.39, 0.29) is 6.04 Å². The average molecular weight is 201 g/mol. The van der Waals surface area contributed by atoms with Crippen LogP contribution in [0.1, 0.15) is 37.7 Å². The average Bonchev–Trinajstić information content (AvgIpc) is 2.82. The van der Waals surface area contributed by atoms with Gasteiger partial charge in [0.1, 0.15) is 0 Å². The minimum absolute atomic E-state index is 0.204. The summed E-state index contributed by atoms with van der Waals surface area (Å²) in [6.45, 7) is 2.22. The Morgan fingerprint density at radius 3 is 2.53 bits per heavy atom. The van der Waals surface area contributed by atoms with E-state index in [0.29, 0.717) is 5.92 Å². The molecule has 0 saturated heterocycles. The van der Waals surface area contributed by atoms with Crippen molar-refractivity contribution in [3.63, 3.8) is 0 Å². The molecule has 0 heterocycles. The van der Waals surface area contributed by atoms with E-state index in [1.165, 1.54) is 30.4 Å². The van der Waals surface area contributed by atoms with Crippen molar-refractivity contribution in [3.8, 4) is 0 Å². The molecule has 1 aromatic carbocycles. The standard InChI is InChI=1S/C14H19N/c1-11(12-7-3-2-4-8-12)14(15)13-9-5-6-10-13/h2-4,7-9,11,14H,5-6,10,15H2,1H3. The van der Waals surface area contributed by atoms with Crippen molar-refractivity contribution in [2.45, 2.75) is 38.1 Å². The van der Waals surface area contributed by atoms with E-state index < -0.39 is 0 Å². The molecule has 15 heavy (non-hydrogen) atoms. The topological polar surface area (TPSA) is 26.0 Å². The Morgan fingerprint density at radius 1 is 1.20 bits per heavy atom. The lowest BCUT2D eigenvalue weighted by Gasteiger charge is -2.21. The Bertz CT molecular complexity index is 340. The molecule has 0 aliphatic heterocycles. The second-order valence-electron chi connectivity index (χ2n) is 4.40. The Hall–Kier alpha value is -1.08.